The minimum absolute atomic E-state index is 0.242. The Balaban J connectivity index is 1.52. The van der Waals surface area contributed by atoms with Crippen LogP contribution in [0.3, 0.4) is 0 Å². The first-order chi connectivity index (χ1) is 12.3. The van der Waals surface area contributed by atoms with E-state index in [1.54, 1.807) is 6.07 Å². The minimum Gasteiger partial charge on any atom is -0.298 e. The Labute approximate surface area is 146 Å². The lowest BCUT2D eigenvalue weighted by atomic mass is 10.0. The smallest absolute Gasteiger partial charge is 0.288 e. The zero-order chi connectivity index (χ0) is 17.1. The highest BCUT2D eigenvalue weighted by molar-refractivity contribution is 5.95. The number of hydrogen-bond donors (Lipinski definition) is 2. The molecule has 0 aliphatic heterocycles. The van der Waals surface area contributed by atoms with E-state index in [0.717, 1.165) is 41.4 Å². The molecule has 4 rings (SSSR count). The van der Waals surface area contributed by atoms with Crippen molar-refractivity contribution in [3.05, 3.63) is 83.6 Å². The lowest BCUT2D eigenvalue weighted by Gasteiger charge is -2.14. The highest BCUT2D eigenvalue weighted by Crippen LogP contribution is 2.23. The predicted molar refractivity (Wildman–Crippen MR) is 99.7 cm³/mol. The van der Waals surface area contributed by atoms with Crippen LogP contribution in [0.2, 0.25) is 0 Å². The first-order valence-electron chi connectivity index (χ1n) is 8.52. The molecule has 1 amide bonds. The topological polar surface area (TPSA) is 54.0 Å². The SMILES string of the molecule is O=C(NNC1=CCCCc2ccccc21)c1ccc2ccccc2n1. The van der Waals surface area contributed by atoms with Gasteiger partial charge in [0.15, 0.2) is 0 Å². The number of fused-ring (bicyclic) bond motifs is 2. The van der Waals surface area contributed by atoms with Crippen LogP contribution in [0.1, 0.15) is 34.5 Å². The zero-order valence-electron chi connectivity index (χ0n) is 13.8. The largest absolute Gasteiger partial charge is 0.298 e. The van der Waals surface area contributed by atoms with Crippen LogP contribution in [0.15, 0.2) is 66.7 Å². The summed E-state index contributed by atoms with van der Waals surface area (Å²) in [5.41, 5.74) is 10.5. The van der Waals surface area contributed by atoms with Crippen molar-refractivity contribution in [2.24, 2.45) is 0 Å². The van der Waals surface area contributed by atoms with Crippen molar-refractivity contribution in [1.82, 2.24) is 15.8 Å². The Hall–Kier alpha value is -3.14. The van der Waals surface area contributed by atoms with E-state index in [9.17, 15) is 4.79 Å². The third-order valence-electron chi connectivity index (χ3n) is 4.45. The van der Waals surface area contributed by atoms with Gasteiger partial charge < -0.3 is 0 Å². The third-order valence-corrected chi connectivity index (χ3v) is 4.45. The van der Waals surface area contributed by atoms with Crippen LogP contribution >= 0.6 is 0 Å². The predicted octanol–water partition coefficient (Wildman–Crippen LogP) is 3.85. The van der Waals surface area contributed by atoms with Crippen molar-refractivity contribution >= 4 is 22.5 Å². The Bertz CT molecular complexity index is 962. The van der Waals surface area contributed by atoms with Crippen molar-refractivity contribution in [3.63, 3.8) is 0 Å². The van der Waals surface area contributed by atoms with Gasteiger partial charge in [0.1, 0.15) is 5.69 Å². The summed E-state index contributed by atoms with van der Waals surface area (Å²) in [7, 11) is 0. The fourth-order valence-corrected chi connectivity index (χ4v) is 3.15. The van der Waals surface area contributed by atoms with Crippen LogP contribution in [-0.4, -0.2) is 10.9 Å². The van der Waals surface area contributed by atoms with E-state index in [4.69, 9.17) is 0 Å². The van der Waals surface area contributed by atoms with Crippen LogP contribution in [-0.2, 0) is 6.42 Å². The summed E-state index contributed by atoms with van der Waals surface area (Å²) in [5, 5.41) is 1.02. The van der Waals surface area contributed by atoms with Gasteiger partial charge in [0, 0.05) is 10.9 Å². The summed E-state index contributed by atoms with van der Waals surface area (Å²) in [4.78, 5) is 16.9. The van der Waals surface area contributed by atoms with Crippen molar-refractivity contribution in [1.29, 1.82) is 0 Å². The first kappa shape index (κ1) is 15.4. The maximum Gasteiger partial charge on any atom is 0.288 e. The molecule has 0 bridgehead atoms. The first-order valence-corrected chi connectivity index (χ1v) is 8.52. The molecule has 124 valence electrons. The molecular weight excluding hydrogens is 310 g/mol. The number of nitrogens with zero attached hydrogens (tertiary/aromatic N) is 1. The average molecular weight is 329 g/mol. The zero-order valence-corrected chi connectivity index (χ0v) is 13.8. The lowest BCUT2D eigenvalue weighted by Crippen LogP contribution is -2.36. The molecule has 0 radical (unpaired) electrons. The van der Waals surface area contributed by atoms with Crippen LogP contribution in [0.5, 0.6) is 0 Å². The molecule has 1 heterocycles. The Morgan fingerprint density at radius 3 is 2.76 bits per heavy atom. The van der Waals surface area contributed by atoms with E-state index in [0.29, 0.717) is 5.69 Å². The molecule has 1 aliphatic rings. The van der Waals surface area contributed by atoms with Crippen molar-refractivity contribution in [2.75, 3.05) is 0 Å². The molecule has 0 spiro atoms. The number of benzene rings is 2. The second-order valence-electron chi connectivity index (χ2n) is 6.14. The standard InChI is InChI=1S/C21H19N3O/c25-21(20-14-13-16-9-3-5-11-18(16)22-20)24-23-19-12-6-2-8-15-7-1-4-10-17(15)19/h1,3-5,7,9-14,23H,2,6,8H2,(H,24,25). The summed E-state index contributed by atoms with van der Waals surface area (Å²) in [5.74, 6) is -0.242. The molecule has 0 unspecified atom stereocenters. The highest BCUT2D eigenvalue weighted by atomic mass is 16.2. The molecular formula is C21H19N3O. The molecule has 3 aromatic rings. The fraction of sp³-hybridized carbons (Fsp3) is 0.143. The summed E-state index contributed by atoms with van der Waals surface area (Å²) < 4.78 is 0. The maximum atomic E-state index is 12.5. The Morgan fingerprint density at radius 2 is 1.80 bits per heavy atom. The van der Waals surface area contributed by atoms with E-state index in [1.807, 2.05) is 36.4 Å². The van der Waals surface area contributed by atoms with Crippen LogP contribution in [0.4, 0.5) is 0 Å². The number of carbonyl (C=O) groups is 1. The molecule has 4 heteroatoms. The molecule has 1 aromatic heterocycles. The molecule has 2 aromatic carbocycles. The molecule has 4 nitrogen and oxygen atoms in total. The van der Waals surface area contributed by atoms with Gasteiger partial charge in [0.2, 0.25) is 0 Å². The Morgan fingerprint density at radius 1 is 0.960 bits per heavy atom. The van der Waals surface area contributed by atoms with Crippen molar-refractivity contribution in [3.8, 4) is 0 Å². The normalized spacial score (nSPS) is 13.5. The van der Waals surface area contributed by atoms with Crippen molar-refractivity contribution in [2.45, 2.75) is 19.3 Å². The van der Waals surface area contributed by atoms with Crippen molar-refractivity contribution < 1.29 is 4.79 Å². The number of nitrogens with one attached hydrogen (secondary N) is 2. The second-order valence-corrected chi connectivity index (χ2v) is 6.14. The Kier molecular flexibility index (Phi) is 4.17. The number of aryl methyl sites for hydroxylation is 1. The van der Waals surface area contributed by atoms with Gasteiger partial charge in [0.05, 0.1) is 11.2 Å². The van der Waals surface area contributed by atoms with E-state index in [-0.39, 0.29) is 5.91 Å². The quantitative estimate of drug-likeness (QED) is 0.718. The number of amides is 1. The maximum absolute atomic E-state index is 12.5. The molecule has 0 fully saturated rings. The van der Waals surface area contributed by atoms with Gasteiger partial charge >= 0.3 is 0 Å². The van der Waals surface area contributed by atoms with Gasteiger partial charge in [-0.3, -0.25) is 15.6 Å². The highest BCUT2D eigenvalue weighted by Gasteiger charge is 2.13. The molecule has 1 aliphatic carbocycles. The second kappa shape index (κ2) is 6.77. The number of rotatable bonds is 3. The van der Waals surface area contributed by atoms with Crippen LogP contribution in [0, 0.1) is 0 Å². The molecule has 2 N–H and O–H groups in total. The molecule has 0 atom stereocenters. The number of carbonyl (C=O) groups excluding carboxylic acids is 1. The van der Waals surface area contributed by atoms with E-state index in [2.05, 4.69) is 40.1 Å². The molecule has 0 saturated carbocycles. The van der Waals surface area contributed by atoms with Gasteiger partial charge in [-0.1, -0.05) is 54.6 Å². The molecule has 0 saturated heterocycles. The van der Waals surface area contributed by atoms with Gasteiger partial charge in [0.25, 0.3) is 5.91 Å². The lowest BCUT2D eigenvalue weighted by molar-refractivity contribution is 0.0938. The summed E-state index contributed by atoms with van der Waals surface area (Å²) >= 11 is 0. The minimum atomic E-state index is -0.242. The summed E-state index contributed by atoms with van der Waals surface area (Å²) in [6.07, 6.45) is 5.29. The van der Waals surface area contributed by atoms with Gasteiger partial charge in [-0.25, -0.2) is 4.98 Å². The van der Waals surface area contributed by atoms with Gasteiger partial charge in [-0.05, 0) is 37.0 Å². The van der Waals surface area contributed by atoms with Crippen LogP contribution < -0.4 is 10.9 Å². The number of allylic oxidation sites excluding steroid dienone is 1. The number of aromatic nitrogens is 1. The van der Waals surface area contributed by atoms with E-state index in [1.165, 1.54) is 5.56 Å². The number of hydrogen-bond acceptors (Lipinski definition) is 3. The number of hydrazine groups is 1. The molecule has 25 heavy (non-hydrogen) atoms. The van der Waals surface area contributed by atoms with Crippen LogP contribution in [0.25, 0.3) is 16.6 Å². The third kappa shape index (κ3) is 3.24. The fourth-order valence-electron chi connectivity index (χ4n) is 3.15. The van der Waals surface area contributed by atoms with E-state index < -0.39 is 0 Å². The average Bonchev–Trinajstić information content (AvgIpc) is 2.88. The van der Waals surface area contributed by atoms with Gasteiger partial charge in [-0.2, -0.15) is 0 Å². The number of para-hydroxylation sites is 1. The summed E-state index contributed by atoms with van der Waals surface area (Å²) in [6, 6.07) is 19.7. The van der Waals surface area contributed by atoms with Gasteiger partial charge in [-0.15, -0.1) is 0 Å². The van der Waals surface area contributed by atoms with E-state index >= 15 is 0 Å². The number of pyridine rings is 1. The summed E-state index contributed by atoms with van der Waals surface area (Å²) in [6.45, 7) is 0. The monoisotopic (exact) mass is 329 g/mol.